The molecule has 7 nitrogen and oxygen atoms in total. The van der Waals surface area contributed by atoms with Crippen molar-refractivity contribution in [1.29, 1.82) is 0 Å². The molecule has 1 heterocycles. The monoisotopic (exact) mass is 351 g/mol. The number of nitrogens with zero attached hydrogens (tertiary/aromatic N) is 4. The summed E-state index contributed by atoms with van der Waals surface area (Å²) in [6, 6.07) is 13.0. The summed E-state index contributed by atoms with van der Waals surface area (Å²) in [5.41, 5.74) is 3.13. The number of hydrogen-bond donors (Lipinski definition) is 1. The molecule has 1 N–H and O–H groups in total. The predicted octanol–water partition coefficient (Wildman–Crippen LogP) is 3.18. The second kappa shape index (κ2) is 7.77. The van der Waals surface area contributed by atoms with Crippen molar-refractivity contribution in [3.63, 3.8) is 0 Å². The van der Waals surface area contributed by atoms with Crippen LogP contribution in [0.1, 0.15) is 35.1 Å². The molecule has 134 valence electrons. The molecule has 0 bridgehead atoms. The molecule has 0 unspecified atom stereocenters. The Morgan fingerprint density at radius 2 is 1.96 bits per heavy atom. The Labute approximate surface area is 152 Å². The van der Waals surface area contributed by atoms with E-state index in [0.717, 1.165) is 12.8 Å². The summed E-state index contributed by atoms with van der Waals surface area (Å²) in [5.74, 6) is 1.07. The van der Waals surface area contributed by atoms with Crippen molar-refractivity contribution in [3.05, 3.63) is 59.4 Å². The van der Waals surface area contributed by atoms with E-state index in [4.69, 9.17) is 4.74 Å². The van der Waals surface area contributed by atoms with Crippen molar-refractivity contribution in [1.82, 2.24) is 20.2 Å². The maximum atomic E-state index is 12.5. The van der Waals surface area contributed by atoms with E-state index in [-0.39, 0.29) is 5.91 Å². The molecule has 0 aliphatic rings. The average Bonchev–Trinajstić information content (AvgIpc) is 3.08. The van der Waals surface area contributed by atoms with Gasteiger partial charge in [-0.2, -0.15) is 4.68 Å². The first kappa shape index (κ1) is 17.6. The molecule has 0 aliphatic carbocycles. The number of ether oxygens (including phenoxy) is 1. The quantitative estimate of drug-likeness (QED) is 0.737. The topological polar surface area (TPSA) is 81.9 Å². The molecule has 0 aliphatic heterocycles. The number of nitrogens with one attached hydrogen (secondary N) is 1. The minimum absolute atomic E-state index is 0.169. The SMILES string of the molecule is CCCc1ccc(C(=O)Nc2ccc(OC)c(-n3nnnc3C)c2)cc1. The van der Waals surface area contributed by atoms with Crippen molar-refractivity contribution < 1.29 is 9.53 Å². The molecule has 0 radical (unpaired) electrons. The highest BCUT2D eigenvalue weighted by Gasteiger charge is 2.13. The number of hydrogen-bond acceptors (Lipinski definition) is 5. The molecule has 7 heteroatoms. The van der Waals surface area contributed by atoms with E-state index in [2.05, 4.69) is 27.8 Å². The van der Waals surface area contributed by atoms with Gasteiger partial charge in [-0.3, -0.25) is 4.79 Å². The van der Waals surface area contributed by atoms with Crippen molar-refractivity contribution in [2.24, 2.45) is 0 Å². The Balaban J connectivity index is 1.83. The largest absolute Gasteiger partial charge is 0.494 e. The van der Waals surface area contributed by atoms with Crippen molar-refractivity contribution in [2.45, 2.75) is 26.7 Å². The fourth-order valence-electron chi connectivity index (χ4n) is 2.70. The first-order chi connectivity index (χ1) is 12.6. The highest BCUT2D eigenvalue weighted by Crippen LogP contribution is 2.26. The van der Waals surface area contributed by atoms with Gasteiger partial charge in [-0.15, -0.1) is 5.10 Å². The van der Waals surface area contributed by atoms with Crippen LogP contribution in [0, 0.1) is 6.92 Å². The molecule has 0 saturated heterocycles. The third-order valence-electron chi connectivity index (χ3n) is 4.05. The van der Waals surface area contributed by atoms with Gasteiger partial charge in [0.1, 0.15) is 11.4 Å². The van der Waals surface area contributed by atoms with Crippen LogP contribution in [-0.2, 0) is 6.42 Å². The lowest BCUT2D eigenvalue weighted by atomic mass is 10.1. The molecule has 1 aromatic heterocycles. The summed E-state index contributed by atoms with van der Waals surface area (Å²) in [4.78, 5) is 12.5. The Hall–Kier alpha value is -3.22. The lowest BCUT2D eigenvalue weighted by Gasteiger charge is -2.12. The highest BCUT2D eigenvalue weighted by molar-refractivity contribution is 6.04. The van der Waals surface area contributed by atoms with E-state index in [1.807, 2.05) is 24.3 Å². The van der Waals surface area contributed by atoms with Gasteiger partial charge in [-0.25, -0.2) is 0 Å². The van der Waals surface area contributed by atoms with E-state index >= 15 is 0 Å². The Morgan fingerprint density at radius 3 is 2.58 bits per heavy atom. The summed E-state index contributed by atoms with van der Waals surface area (Å²) >= 11 is 0. The number of tetrazole rings is 1. The van der Waals surface area contributed by atoms with Crippen LogP contribution in [0.3, 0.4) is 0 Å². The third-order valence-corrected chi connectivity index (χ3v) is 4.05. The number of aryl methyl sites for hydroxylation is 2. The predicted molar refractivity (Wildman–Crippen MR) is 98.8 cm³/mol. The normalized spacial score (nSPS) is 10.6. The first-order valence-corrected chi connectivity index (χ1v) is 8.46. The van der Waals surface area contributed by atoms with E-state index in [1.165, 1.54) is 5.56 Å². The summed E-state index contributed by atoms with van der Waals surface area (Å²) in [6.45, 7) is 3.93. The number of amides is 1. The van der Waals surface area contributed by atoms with Crippen LogP contribution in [0.15, 0.2) is 42.5 Å². The summed E-state index contributed by atoms with van der Waals surface area (Å²) < 4.78 is 6.94. The number of carbonyl (C=O) groups excluding carboxylic acids is 1. The van der Waals surface area contributed by atoms with Gasteiger partial charge in [0.05, 0.1) is 7.11 Å². The molecular weight excluding hydrogens is 330 g/mol. The highest BCUT2D eigenvalue weighted by atomic mass is 16.5. The molecule has 0 atom stereocenters. The third kappa shape index (κ3) is 3.72. The minimum atomic E-state index is -0.169. The van der Waals surface area contributed by atoms with Crippen LogP contribution in [0.2, 0.25) is 0 Å². The van der Waals surface area contributed by atoms with Crippen LogP contribution in [0.25, 0.3) is 5.69 Å². The Morgan fingerprint density at radius 1 is 1.19 bits per heavy atom. The number of anilines is 1. The standard InChI is InChI=1S/C19H21N5O2/c1-4-5-14-6-8-15(9-7-14)19(25)20-16-10-11-18(26-3)17(12-16)24-13(2)21-22-23-24/h6-12H,4-5H2,1-3H3,(H,20,25). The Kier molecular flexibility index (Phi) is 5.26. The summed E-state index contributed by atoms with van der Waals surface area (Å²) in [5, 5.41) is 14.4. The second-order valence-electron chi connectivity index (χ2n) is 5.93. The van der Waals surface area contributed by atoms with Crippen molar-refractivity contribution in [3.8, 4) is 11.4 Å². The van der Waals surface area contributed by atoms with Gasteiger partial charge in [0.15, 0.2) is 5.82 Å². The molecule has 26 heavy (non-hydrogen) atoms. The number of aromatic nitrogens is 4. The van der Waals surface area contributed by atoms with Gasteiger partial charge in [-0.05, 0) is 59.7 Å². The molecule has 0 saturated carbocycles. The average molecular weight is 351 g/mol. The smallest absolute Gasteiger partial charge is 0.255 e. The van der Waals surface area contributed by atoms with Gasteiger partial charge >= 0.3 is 0 Å². The first-order valence-electron chi connectivity index (χ1n) is 8.46. The number of benzene rings is 2. The van der Waals surface area contributed by atoms with Gasteiger partial charge < -0.3 is 10.1 Å². The number of methoxy groups -OCH3 is 1. The maximum Gasteiger partial charge on any atom is 0.255 e. The molecule has 3 aromatic rings. The number of rotatable bonds is 6. The Bertz CT molecular complexity index is 903. The molecule has 0 fully saturated rings. The minimum Gasteiger partial charge on any atom is -0.494 e. The fourth-order valence-corrected chi connectivity index (χ4v) is 2.70. The van der Waals surface area contributed by atoms with Crippen LogP contribution in [0.5, 0.6) is 5.75 Å². The van der Waals surface area contributed by atoms with Crippen molar-refractivity contribution in [2.75, 3.05) is 12.4 Å². The molecule has 1 amide bonds. The lowest BCUT2D eigenvalue weighted by Crippen LogP contribution is -2.12. The lowest BCUT2D eigenvalue weighted by molar-refractivity contribution is 0.102. The van der Waals surface area contributed by atoms with Crippen molar-refractivity contribution >= 4 is 11.6 Å². The molecular formula is C19H21N5O2. The van der Waals surface area contributed by atoms with E-state index in [1.54, 1.807) is 36.9 Å². The van der Waals surface area contributed by atoms with Crippen LogP contribution in [-0.4, -0.2) is 33.2 Å². The fraction of sp³-hybridized carbons (Fsp3) is 0.263. The van der Waals surface area contributed by atoms with E-state index in [0.29, 0.717) is 28.5 Å². The molecule has 0 spiro atoms. The molecule has 2 aromatic carbocycles. The zero-order valence-corrected chi connectivity index (χ0v) is 15.1. The zero-order valence-electron chi connectivity index (χ0n) is 15.1. The summed E-state index contributed by atoms with van der Waals surface area (Å²) in [7, 11) is 1.58. The van der Waals surface area contributed by atoms with E-state index in [9.17, 15) is 4.79 Å². The van der Waals surface area contributed by atoms with Crippen LogP contribution >= 0.6 is 0 Å². The van der Waals surface area contributed by atoms with Crippen LogP contribution < -0.4 is 10.1 Å². The zero-order chi connectivity index (χ0) is 18.5. The second-order valence-corrected chi connectivity index (χ2v) is 5.93. The van der Waals surface area contributed by atoms with E-state index < -0.39 is 0 Å². The van der Waals surface area contributed by atoms with Gasteiger partial charge in [-0.1, -0.05) is 25.5 Å². The van der Waals surface area contributed by atoms with Gasteiger partial charge in [0, 0.05) is 11.3 Å². The van der Waals surface area contributed by atoms with Gasteiger partial charge in [0.25, 0.3) is 5.91 Å². The van der Waals surface area contributed by atoms with Gasteiger partial charge in [0.2, 0.25) is 0 Å². The maximum absolute atomic E-state index is 12.5. The number of carbonyl (C=O) groups is 1. The summed E-state index contributed by atoms with van der Waals surface area (Å²) in [6.07, 6.45) is 2.09. The van der Waals surface area contributed by atoms with Crippen LogP contribution in [0.4, 0.5) is 5.69 Å². The molecule has 3 rings (SSSR count).